The van der Waals surface area contributed by atoms with Crippen LogP contribution in [-0.2, 0) is 17.2 Å². The molecule has 20 heavy (non-hydrogen) atoms. The lowest BCUT2D eigenvalue weighted by atomic mass is 9.84. The SMILES string of the molecule is Nc1cccnc1S(=O)CC1CCCc2ccccc21. The Balaban J connectivity index is 1.83. The van der Waals surface area contributed by atoms with Gasteiger partial charge in [0.15, 0.2) is 0 Å². The van der Waals surface area contributed by atoms with Crippen molar-refractivity contribution in [1.29, 1.82) is 0 Å². The van der Waals surface area contributed by atoms with Crippen LogP contribution in [0.5, 0.6) is 0 Å². The van der Waals surface area contributed by atoms with Gasteiger partial charge in [-0.25, -0.2) is 4.98 Å². The molecule has 1 aromatic carbocycles. The number of hydrogen-bond donors (Lipinski definition) is 1. The number of nitrogens with two attached hydrogens (primary N) is 1. The number of rotatable bonds is 3. The van der Waals surface area contributed by atoms with E-state index >= 15 is 0 Å². The maximum absolute atomic E-state index is 12.5. The van der Waals surface area contributed by atoms with Crippen LogP contribution in [0.4, 0.5) is 5.69 Å². The van der Waals surface area contributed by atoms with Crippen LogP contribution >= 0.6 is 0 Å². The number of fused-ring (bicyclic) bond motifs is 1. The Hall–Kier alpha value is -1.68. The monoisotopic (exact) mass is 286 g/mol. The Labute approximate surface area is 121 Å². The summed E-state index contributed by atoms with van der Waals surface area (Å²) in [7, 11) is -1.14. The molecule has 1 aliphatic rings. The minimum atomic E-state index is -1.14. The number of anilines is 1. The summed E-state index contributed by atoms with van der Waals surface area (Å²) >= 11 is 0. The molecule has 2 N–H and O–H groups in total. The molecule has 2 atom stereocenters. The molecule has 0 radical (unpaired) electrons. The fourth-order valence-electron chi connectivity index (χ4n) is 2.88. The Morgan fingerprint density at radius 1 is 1.25 bits per heavy atom. The van der Waals surface area contributed by atoms with Crippen LogP contribution in [0.1, 0.15) is 29.9 Å². The highest BCUT2D eigenvalue weighted by Crippen LogP contribution is 2.33. The molecule has 0 saturated heterocycles. The summed E-state index contributed by atoms with van der Waals surface area (Å²) in [5.41, 5.74) is 9.14. The van der Waals surface area contributed by atoms with E-state index in [0.29, 0.717) is 22.4 Å². The molecular formula is C16H18N2OS. The van der Waals surface area contributed by atoms with E-state index in [1.165, 1.54) is 11.1 Å². The zero-order chi connectivity index (χ0) is 13.9. The Kier molecular flexibility index (Phi) is 3.83. The van der Waals surface area contributed by atoms with Crippen LogP contribution in [0.15, 0.2) is 47.6 Å². The van der Waals surface area contributed by atoms with Gasteiger partial charge < -0.3 is 5.73 Å². The van der Waals surface area contributed by atoms with E-state index in [0.717, 1.165) is 19.3 Å². The van der Waals surface area contributed by atoms with Gasteiger partial charge in [-0.3, -0.25) is 4.21 Å². The zero-order valence-corrected chi connectivity index (χ0v) is 12.1. The maximum Gasteiger partial charge on any atom is 0.150 e. The standard InChI is InChI=1S/C16H18N2OS/c17-15-9-4-10-18-16(15)20(19)11-13-7-3-6-12-5-1-2-8-14(12)13/h1-2,4-5,8-10,13H,3,6-7,11,17H2. The minimum Gasteiger partial charge on any atom is -0.396 e. The molecule has 0 saturated carbocycles. The highest BCUT2D eigenvalue weighted by Gasteiger charge is 2.23. The number of nitrogens with zero attached hydrogens (tertiary/aromatic N) is 1. The van der Waals surface area contributed by atoms with Crippen LogP contribution in [0.3, 0.4) is 0 Å². The van der Waals surface area contributed by atoms with Crippen molar-refractivity contribution in [3.05, 3.63) is 53.7 Å². The quantitative estimate of drug-likeness (QED) is 0.944. The molecule has 4 heteroatoms. The molecule has 3 nitrogen and oxygen atoms in total. The third-order valence-corrected chi connectivity index (χ3v) is 5.34. The summed E-state index contributed by atoms with van der Waals surface area (Å²) in [6.07, 6.45) is 5.04. The van der Waals surface area contributed by atoms with Gasteiger partial charge in [0.05, 0.1) is 16.5 Å². The summed E-state index contributed by atoms with van der Waals surface area (Å²) in [6, 6.07) is 12.0. The Morgan fingerprint density at radius 2 is 2.10 bits per heavy atom. The van der Waals surface area contributed by atoms with E-state index in [2.05, 4.69) is 29.2 Å². The van der Waals surface area contributed by atoms with E-state index < -0.39 is 10.8 Å². The van der Waals surface area contributed by atoms with E-state index in [1.54, 1.807) is 18.3 Å². The van der Waals surface area contributed by atoms with Gasteiger partial charge in [-0.05, 0) is 48.4 Å². The second kappa shape index (κ2) is 5.75. The molecule has 0 fully saturated rings. The predicted octanol–water partition coefficient (Wildman–Crippen LogP) is 2.89. The van der Waals surface area contributed by atoms with Gasteiger partial charge in [-0.1, -0.05) is 24.3 Å². The third-order valence-electron chi connectivity index (χ3n) is 3.86. The topological polar surface area (TPSA) is 56.0 Å². The lowest BCUT2D eigenvalue weighted by Gasteiger charge is -2.25. The van der Waals surface area contributed by atoms with Crippen molar-refractivity contribution in [2.24, 2.45) is 0 Å². The largest absolute Gasteiger partial charge is 0.396 e. The van der Waals surface area contributed by atoms with Gasteiger partial charge in [0.1, 0.15) is 5.03 Å². The van der Waals surface area contributed by atoms with Crippen molar-refractivity contribution >= 4 is 16.5 Å². The van der Waals surface area contributed by atoms with E-state index in [4.69, 9.17) is 5.73 Å². The average Bonchev–Trinajstić information content (AvgIpc) is 2.48. The number of hydrogen-bond acceptors (Lipinski definition) is 3. The number of benzene rings is 1. The van der Waals surface area contributed by atoms with Crippen LogP contribution < -0.4 is 5.73 Å². The summed E-state index contributed by atoms with van der Waals surface area (Å²) in [6.45, 7) is 0. The van der Waals surface area contributed by atoms with Crippen molar-refractivity contribution in [3.8, 4) is 0 Å². The highest BCUT2D eigenvalue weighted by atomic mass is 32.2. The normalized spacial score (nSPS) is 19.3. The number of aromatic nitrogens is 1. The Morgan fingerprint density at radius 3 is 2.95 bits per heavy atom. The van der Waals surface area contributed by atoms with Crippen LogP contribution in [-0.4, -0.2) is 14.9 Å². The molecule has 0 spiro atoms. The van der Waals surface area contributed by atoms with E-state index in [1.807, 2.05) is 0 Å². The second-order valence-corrected chi connectivity index (χ2v) is 6.61. The molecule has 2 unspecified atom stereocenters. The molecule has 104 valence electrons. The van der Waals surface area contributed by atoms with E-state index in [9.17, 15) is 4.21 Å². The fourth-order valence-corrected chi connectivity index (χ4v) is 4.26. The van der Waals surface area contributed by atoms with Crippen LogP contribution in [0.2, 0.25) is 0 Å². The first-order valence-corrected chi connectivity index (χ1v) is 8.24. The first-order chi connectivity index (χ1) is 9.75. The Bertz CT molecular complexity index is 642. The van der Waals surface area contributed by atoms with Gasteiger partial charge in [0.25, 0.3) is 0 Å². The molecule has 0 bridgehead atoms. The first-order valence-electron chi connectivity index (χ1n) is 6.92. The summed E-state index contributed by atoms with van der Waals surface area (Å²) < 4.78 is 12.5. The van der Waals surface area contributed by atoms with Crippen molar-refractivity contribution in [1.82, 2.24) is 4.98 Å². The average molecular weight is 286 g/mol. The summed E-state index contributed by atoms with van der Waals surface area (Å²) in [4.78, 5) is 4.17. The lowest BCUT2D eigenvalue weighted by molar-refractivity contribution is 0.587. The fraction of sp³-hybridized carbons (Fsp3) is 0.312. The van der Waals surface area contributed by atoms with Gasteiger partial charge >= 0.3 is 0 Å². The smallest absolute Gasteiger partial charge is 0.150 e. The summed E-state index contributed by atoms with van der Waals surface area (Å²) in [5, 5.41) is 0.524. The molecule has 3 rings (SSSR count). The molecule has 1 heterocycles. The summed E-state index contributed by atoms with van der Waals surface area (Å²) in [5.74, 6) is 0.959. The number of pyridine rings is 1. The molecular weight excluding hydrogens is 268 g/mol. The van der Waals surface area contributed by atoms with E-state index in [-0.39, 0.29) is 0 Å². The van der Waals surface area contributed by atoms with Gasteiger partial charge in [0, 0.05) is 11.9 Å². The van der Waals surface area contributed by atoms with Crippen molar-refractivity contribution in [2.45, 2.75) is 30.2 Å². The van der Waals surface area contributed by atoms with Crippen molar-refractivity contribution in [2.75, 3.05) is 11.5 Å². The molecule has 0 amide bonds. The molecule has 1 aliphatic carbocycles. The van der Waals surface area contributed by atoms with Gasteiger partial charge in [-0.15, -0.1) is 0 Å². The zero-order valence-electron chi connectivity index (χ0n) is 11.3. The molecule has 2 aromatic rings. The van der Waals surface area contributed by atoms with Gasteiger partial charge in [0.2, 0.25) is 0 Å². The first kappa shape index (κ1) is 13.3. The second-order valence-electron chi connectivity index (χ2n) is 5.20. The molecule has 1 aromatic heterocycles. The number of nitrogen functional groups attached to an aromatic ring is 1. The van der Waals surface area contributed by atoms with Crippen molar-refractivity contribution < 1.29 is 4.21 Å². The minimum absolute atomic E-state index is 0.349. The maximum atomic E-state index is 12.5. The van der Waals surface area contributed by atoms with Crippen LogP contribution in [0, 0.1) is 0 Å². The number of aryl methyl sites for hydroxylation is 1. The third kappa shape index (κ3) is 2.61. The highest BCUT2D eigenvalue weighted by molar-refractivity contribution is 7.85. The predicted molar refractivity (Wildman–Crippen MR) is 82.0 cm³/mol. The lowest BCUT2D eigenvalue weighted by Crippen LogP contribution is -2.17. The van der Waals surface area contributed by atoms with Crippen LogP contribution in [0.25, 0.3) is 0 Å². The van der Waals surface area contributed by atoms with Gasteiger partial charge in [-0.2, -0.15) is 0 Å². The molecule has 0 aliphatic heterocycles. The van der Waals surface area contributed by atoms with Crippen molar-refractivity contribution in [3.63, 3.8) is 0 Å².